The van der Waals surface area contributed by atoms with Crippen molar-refractivity contribution in [3.8, 4) is 0 Å². The Balaban J connectivity index is 1.87. The molecule has 0 atom stereocenters. The number of hydrogen-bond donors (Lipinski definition) is 1. The average molecular weight is 290 g/mol. The van der Waals surface area contributed by atoms with E-state index in [1.165, 1.54) is 82.6 Å². The second-order valence-electron chi connectivity index (χ2n) is 7.56. The van der Waals surface area contributed by atoms with E-state index in [0.29, 0.717) is 17.8 Å². The molecule has 0 aliphatic heterocycles. The molecular weight excluding hydrogens is 260 g/mol. The van der Waals surface area contributed by atoms with Crippen LogP contribution in [0.1, 0.15) is 83.5 Å². The Kier molecular flexibility index (Phi) is 5.03. The van der Waals surface area contributed by atoms with Gasteiger partial charge in [0.05, 0.1) is 0 Å². The molecule has 0 aromatic heterocycles. The number of carbonyl (C=O) groups is 1. The van der Waals surface area contributed by atoms with Crippen LogP contribution in [0.4, 0.5) is 0 Å². The maximum absolute atomic E-state index is 12.0. The summed E-state index contributed by atoms with van der Waals surface area (Å²) in [5.41, 5.74) is 2.25. The molecule has 0 aromatic carbocycles. The first-order valence-corrected chi connectivity index (χ1v) is 9.22. The molecule has 0 aromatic rings. The zero-order valence-electron chi connectivity index (χ0n) is 13.3. The minimum absolute atomic E-state index is 0.598. The number of allylic oxidation sites excluding steroid dienone is 1. The second-order valence-corrected chi connectivity index (χ2v) is 7.56. The lowest BCUT2D eigenvalue weighted by molar-refractivity contribution is -0.133. The lowest BCUT2D eigenvalue weighted by Gasteiger charge is -2.25. The Morgan fingerprint density at radius 1 is 0.762 bits per heavy atom. The van der Waals surface area contributed by atoms with Gasteiger partial charge < -0.3 is 5.11 Å². The smallest absolute Gasteiger partial charge is 0.331 e. The van der Waals surface area contributed by atoms with Crippen molar-refractivity contribution < 1.29 is 9.90 Å². The molecule has 0 unspecified atom stereocenters. The van der Waals surface area contributed by atoms with Gasteiger partial charge in [-0.25, -0.2) is 4.79 Å². The average Bonchev–Trinajstić information content (AvgIpc) is 3.22. The zero-order valence-corrected chi connectivity index (χ0v) is 13.3. The van der Waals surface area contributed by atoms with Crippen LogP contribution in [0.2, 0.25) is 0 Å². The standard InChI is InChI=1S/C19H30O2/c20-19(21)17(13-14-7-1-2-8-14)18(15-9-3-4-10-15)16-11-5-6-12-16/h14-16H,1-13H2,(H,20,21). The van der Waals surface area contributed by atoms with E-state index in [-0.39, 0.29) is 0 Å². The van der Waals surface area contributed by atoms with Gasteiger partial charge in [0, 0.05) is 5.57 Å². The molecular formula is C19H30O2. The van der Waals surface area contributed by atoms with Crippen molar-refractivity contribution in [3.63, 3.8) is 0 Å². The van der Waals surface area contributed by atoms with Gasteiger partial charge in [-0.2, -0.15) is 0 Å². The fraction of sp³-hybridized carbons (Fsp3) is 0.842. The molecule has 21 heavy (non-hydrogen) atoms. The largest absolute Gasteiger partial charge is 0.478 e. The number of aliphatic carboxylic acids is 1. The van der Waals surface area contributed by atoms with Crippen LogP contribution in [-0.4, -0.2) is 11.1 Å². The van der Waals surface area contributed by atoms with Crippen LogP contribution in [0, 0.1) is 17.8 Å². The van der Waals surface area contributed by atoms with Crippen molar-refractivity contribution in [3.05, 3.63) is 11.1 Å². The van der Waals surface area contributed by atoms with Gasteiger partial charge in [-0.05, 0) is 49.9 Å². The Bertz CT molecular complexity index is 374. The summed E-state index contributed by atoms with van der Waals surface area (Å²) in [6, 6.07) is 0. The van der Waals surface area contributed by atoms with Gasteiger partial charge in [0.2, 0.25) is 0 Å². The molecule has 3 aliphatic carbocycles. The van der Waals surface area contributed by atoms with Crippen molar-refractivity contribution in [2.45, 2.75) is 83.5 Å². The SMILES string of the molecule is O=C(O)C(CC1CCCC1)=C(C1CCCC1)C1CCCC1. The van der Waals surface area contributed by atoms with Gasteiger partial charge >= 0.3 is 5.97 Å². The summed E-state index contributed by atoms with van der Waals surface area (Å²) >= 11 is 0. The molecule has 118 valence electrons. The third kappa shape index (κ3) is 3.52. The summed E-state index contributed by atoms with van der Waals surface area (Å²) in [5.74, 6) is 1.24. The van der Waals surface area contributed by atoms with Gasteiger partial charge in [-0.3, -0.25) is 0 Å². The van der Waals surface area contributed by atoms with E-state index in [2.05, 4.69) is 0 Å². The van der Waals surface area contributed by atoms with Crippen LogP contribution in [0.5, 0.6) is 0 Å². The summed E-state index contributed by atoms with van der Waals surface area (Å²) in [6.45, 7) is 0. The molecule has 0 saturated heterocycles. The minimum Gasteiger partial charge on any atom is -0.478 e. The van der Waals surface area contributed by atoms with Crippen LogP contribution in [-0.2, 0) is 4.79 Å². The lowest BCUT2D eigenvalue weighted by atomic mass is 9.79. The normalized spacial score (nSPS) is 24.8. The molecule has 3 fully saturated rings. The van der Waals surface area contributed by atoms with Gasteiger partial charge in [0.25, 0.3) is 0 Å². The van der Waals surface area contributed by atoms with Crippen molar-refractivity contribution in [1.82, 2.24) is 0 Å². The third-order valence-corrected chi connectivity index (χ3v) is 6.16. The van der Waals surface area contributed by atoms with E-state index in [9.17, 15) is 9.90 Å². The maximum atomic E-state index is 12.0. The number of carboxylic acids is 1. The van der Waals surface area contributed by atoms with Gasteiger partial charge in [-0.15, -0.1) is 0 Å². The number of rotatable bonds is 5. The van der Waals surface area contributed by atoms with Gasteiger partial charge in [0.1, 0.15) is 0 Å². The quantitative estimate of drug-likeness (QED) is 0.695. The van der Waals surface area contributed by atoms with Crippen LogP contribution < -0.4 is 0 Å². The van der Waals surface area contributed by atoms with E-state index in [1.807, 2.05) is 0 Å². The highest BCUT2D eigenvalue weighted by Gasteiger charge is 2.33. The second kappa shape index (κ2) is 6.98. The molecule has 0 heterocycles. The van der Waals surface area contributed by atoms with Crippen LogP contribution >= 0.6 is 0 Å². The third-order valence-electron chi connectivity index (χ3n) is 6.16. The molecule has 0 spiro atoms. The van der Waals surface area contributed by atoms with E-state index in [1.54, 1.807) is 0 Å². The molecule has 0 amide bonds. The monoisotopic (exact) mass is 290 g/mol. The van der Waals surface area contributed by atoms with Crippen LogP contribution in [0.15, 0.2) is 11.1 Å². The summed E-state index contributed by atoms with van der Waals surface area (Å²) in [4.78, 5) is 12.0. The molecule has 0 radical (unpaired) electrons. The number of carboxylic acid groups (broad SMARTS) is 1. The summed E-state index contributed by atoms with van der Waals surface area (Å²) in [5, 5.41) is 9.87. The molecule has 3 aliphatic rings. The maximum Gasteiger partial charge on any atom is 0.331 e. The fourth-order valence-electron chi connectivity index (χ4n) is 5.13. The van der Waals surface area contributed by atoms with Crippen molar-refractivity contribution in [2.24, 2.45) is 17.8 Å². The van der Waals surface area contributed by atoms with E-state index in [0.717, 1.165) is 12.0 Å². The first-order chi connectivity index (χ1) is 10.3. The van der Waals surface area contributed by atoms with Gasteiger partial charge in [0.15, 0.2) is 0 Å². The van der Waals surface area contributed by atoms with Crippen molar-refractivity contribution >= 4 is 5.97 Å². The van der Waals surface area contributed by atoms with Crippen LogP contribution in [0.3, 0.4) is 0 Å². The van der Waals surface area contributed by atoms with Crippen LogP contribution in [0.25, 0.3) is 0 Å². The molecule has 3 saturated carbocycles. The summed E-state index contributed by atoms with van der Waals surface area (Å²) in [7, 11) is 0. The Labute approximate surface area is 129 Å². The predicted octanol–water partition coefficient (Wildman–Crippen LogP) is 5.33. The highest BCUT2D eigenvalue weighted by molar-refractivity contribution is 5.87. The highest BCUT2D eigenvalue weighted by atomic mass is 16.4. The highest BCUT2D eigenvalue weighted by Crippen LogP contribution is 2.44. The Morgan fingerprint density at radius 2 is 1.19 bits per heavy atom. The summed E-state index contributed by atoms with van der Waals surface area (Å²) in [6.07, 6.45) is 16.2. The molecule has 2 heteroatoms. The summed E-state index contributed by atoms with van der Waals surface area (Å²) < 4.78 is 0. The molecule has 3 rings (SSSR count). The predicted molar refractivity (Wildman–Crippen MR) is 85.2 cm³/mol. The van der Waals surface area contributed by atoms with E-state index in [4.69, 9.17) is 0 Å². The lowest BCUT2D eigenvalue weighted by Crippen LogP contribution is -2.18. The topological polar surface area (TPSA) is 37.3 Å². The van der Waals surface area contributed by atoms with E-state index < -0.39 is 5.97 Å². The first kappa shape index (κ1) is 15.1. The van der Waals surface area contributed by atoms with Crippen molar-refractivity contribution in [1.29, 1.82) is 0 Å². The first-order valence-electron chi connectivity index (χ1n) is 9.22. The van der Waals surface area contributed by atoms with Gasteiger partial charge in [-0.1, -0.05) is 56.9 Å². The minimum atomic E-state index is -0.601. The zero-order chi connectivity index (χ0) is 14.7. The number of hydrogen-bond acceptors (Lipinski definition) is 1. The Hall–Kier alpha value is -0.790. The Morgan fingerprint density at radius 3 is 1.62 bits per heavy atom. The van der Waals surface area contributed by atoms with E-state index >= 15 is 0 Å². The molecule has 0 bridgehead atoms. The van der Waals surface area contributed by atoms with Crippen molar-refractivity contribution in [2.75, 3.05) is 0 Å². The molecule has 1 N–H and O–H groups in total. The molecule has 2 nitrogen and oxygen atoms in total. The fourth-order valence-corrected chi connectivity index (χ4v) is 5.13.